The highest BCUT2D eigenvalue weighted by atomic mass is 14.1. The summed E-state index contributed by atoms with van der Waals surface area (Å²) in [7, 11) is 0. The van der Waals surface area contributed by atoms with E-state index in [0.29, 0.717) is 0 Å². The van der Waals surface area contributed by atoms with Crippen molar-refractivity contribution in [1.82, 2.24) is 0 Å². The lowest BCUT2D eigenvalue weighted by atomic mass is 9.90. The van der Waals surface area contributed by atoms with E-state index in [9.17, 15) is 0 Å². The van der Waals surface area contributed by atoms with Gasteiger partial charge in [0.25, 0.3) is 0 Å². The van der Waals surface area contributed by atoms with Crippen LogP contribution in [0, 0.1) is 11.8 Å². The lowest BCUT2D eigenvalue weighted by Crippen LogP contribution is -2.01. The van der Waals surface area contributed by atoms with Gasteiger partial charge in [-0.2, -0.15) is 0 Å². The first kappa shape index (κ1) is 13.7. The first-order valence-electron chi connectivity index (χ1n) is 6.29. The Morgan fingerprint density at radius 1 is 1.14 bits per heavy atom. The molecule has 0 fully saturated rings. The standard InChI is InChI=1S/C14H28/c1-6-8-9-13(4)14(5)11-10-12(3)7-2/h12-13H,5-11H2,1-4H3. The Morgan fingerprint density at radius 3 is 2.29 bits per heavy atom. The monoisotopic (exact) mass is 196 g/mol. The van der Waals surface area contributed by atoms with Crippen molar-refractivity contribution in [2.45, 2.75) is 66.2 Å². The molecule has 0 aromatic heterocycles. The van der Waals surface area contributed by atoms with Crippen LogP contribution in [0.5, 0.6) is 0 Å². The van der Waals surface area contributed by atoms with E-state index in [0.717, 1.165) is 11.8 Å². The number of allylic oxidation sites excluding steroid dienone is 1. The molecule has 0 spiro atoms. The molecule has 0 heteroatoms. The third kappa shape index (κ3) is 6.23. The van der Waals surface area contributed by atoms with Crippen molar-refractivity contribution in [2.24, 2.45) is 11.8 Å². The fourth-order valence-electron chi connectivity index (χ4n) is 1.60. The molecule has 0 nitrogen and oxygen atoms in total. The lowest BCUT2D eigenvalue weighted by molar-refractivity contribution is 0.484. The Labute approximate surface area is 90.8 Å². The highest BCUT2D eigenvalue weighted by Crippen LogP contribution is 2.22. The summed E-state index contributed by atoms with van der Waals surface area (Å²) in [5.41, 5.74) is 1.47. The molecule has 0 aromatic carbocycles. The van der Waals surface area contributed by atoms with Crippen LogP contribution in [-0.4, -0.2) is 0 Å². The molecular formula is C14H28. The van der Waals surface area contributed by atoms with E-state index < -0.39 is 0 Å². The van der Waals surface area contributed by atoms with Crippen molar-refractivity contribution in [3.63, 3.8) is 0 Å². The van der Waals surface area contributed by atoms with Crippen LogP contribution < -0.4 is 0 Å². The average molecular weight is 196 g/mol. The Balaban J connectivity index is 3.61. The van der Waals surface area contributed by atoms with Crippen molar-refractivity contribution in [3.8, 4) is 0 Å². The van der Waals surface area contributed by atoms with E-state index in [1.807, 2.05) is 0 Å². The topological polar surface area (TPSA) is 0 Å². The van der Waals surface area contributed by atoms with Gasteiger partial charge in [0.2, 0.25) is 0 Å². The van der Waals surface area contributed by atoms with E-state index in [-0.39, 0.29) is 0 Å². The highest BCUT2D eigenvalue weighted by molar-refractivity contribution is 4.98. The molecule has 0 radical (unpaired) electrons. The molecule has 2 atom stereocenters. The molecule has 0 amide bonds. The van der Waals surface area contributed by atoms with Gasteiger partial charge >= 0.3 is 0 Å². The summed E-state index contributed by atoms with van der Waals surface area (Å²) in [6, 6.07) is 0. The molecule has 0 aliphatic carbocycles. The van der Waals surface area contributed by atoms with Gasteiger partial charge in [-0.25, -0.2) is 0 Å². The summed E-state index contributed by atoms with van der Waals surface area (Å²) in [5, 5.41) is 0. The predicted octanol–water partition coefficient (Wildman–Crippen LogP) is 5.20. The van der Waals surface area contributed by atoms with Gasteiger partial charge in [0.15, 0.2) is 0 Å². The van der Waals surface area contributed by atoms with Gasteiger partial charge in [0.05, 0.1) is 0 Å². The molecular weight excluding hydrogens is 168 g/mol. The van der Waals surface area contributed by atoms with Crippen LogP contribution in [0.25, 0.3) is 0 Å². The number of hydrogen-bond acceptors (Lipinski definition) is 0. The molecule has 0 aliphatic rings. The van der Waals surface area contributed by atoms with Crippen LogP contribution in [0.15, 0.2) is 12.2 Å². The Kier molecular flexibility index (Phi) is 7.93. The van der Waals surface area contributed by atoms with Crippen LogP contribution in [0.2, 0.25) is 0 Å². The van der Waals surface area contributed by atoms with E-state index in [2.05, 4.69) is 34.3 Å². The minimum absolute atomic E-state index is 0.735. The Bertz CT molecular complexity index is 146. The number of hydrogen-bond donors (Lipinski definition) is 0. The molecule has 0 rings (SSSR count). The second-order valence-corrected chi connectivity index (χ2v) is 4.75. The lowest BCUT2D eigenvalue weighted by Gasteiger charge is -2.16. The smallest absolute Gasteiger partial charge is 0.0234 e. The normalized spacial score (nSPS) is 15.1. The molecule has 14 heavy (non-hydrogen) atoms. The molecule has 0 heterocycles. The summed E-state index contributed by atoms with van der Waals surface area (Å²) in [6.07, 6.45) is 7.85. The number of rotatable bonds is 8. The fourth-order valence-corrected chi connectivity index (χ4v) is 1.60. The average Bonchev–Trinajstić information content (AvgIpc) is 2.21. The van der Waals surface area contributed by atoms with Gasteiger partial charge in [0.1, 0.15) is 0 Å². The molecule has 2 unspecified atom stereocenters. The quantitative estimate of drug-likeness (QED) is 0.468. The zero-order chi connectivity index (χ0) is 11.0. The maximum atomic E-state index is 4.21. The first-order valence-corrected chi connectivity index (χ1v) is 6.29. The Morgan fingerprint density at radius 2 is 1.79 bits per heavy atom. The predicted molar refractivity (Wildman–Crippen MR) is 66.5 cm³/mol. The van der Waals surface area contributed by atoms with Crippen molar-refractivity contribution >= 4 is 0 Å². The molecule has 84 valence electrons. The molecule has 0 bridgehead atoms. The molecule has 0 saturated carbocycles. The van der Waals surface area contributed by atoms with Gasteiger partial charge in [0, 0.05) is 0 Å². The zero-order valence-electron chi connectivity index (χ0n) is 10.6. The third-order valence-corrected chi connectivity index (χ3v) is 3.34. The van der Waals surface area contributed by atoms with Crippen LogP contribution in [0.1, 0.15) is 66.2 Å². The summed E-state index contributed by atoms with van der Waals surface area (Å²) in [5.74, 6) is 1.60. The first-order chi connectivity index (χ1) is 6.61. The summed E-state index contributed by atoms with van der Waals surface area (Å²) < 4.78 is 0. The highest BCUT2D eigenvalue weighted by Gasteiger charge is 2.07. The van der Waals surface area contributed by atoms with Crippen molar-refractivity contribution in [1.29, 1.82) is 0 Å². The Hall–Kier alpha value is -0.260. The maximum Gasteiger partial charge on any atom is -0.0234 e. The van der Waals surface area contributed by atoms with E-state index in [4.69, 9.17) is 0 Å². The van der Waals surface area contributed by atoms with Gasteiger partial charge in [-0.1, -0.05) is 59.1 Å². The second kappa shape index (κ2) is 8.08. The van der Waals surface area contributed by atoms with Crippen LogP contribution in [0.4, 0.5) is 0 Å². The van der Waals surface area contributed by atoms with Crippen LogP contribution in [-0.2, 0) is 0 Å². The number of unbranched alkanes of at least 4 members (excludes halogenated alkanes) is 1. The molecule has 0 aromatic rings. The zero-order valence-corrected chi connectivity index (χ0v) is 10.6. The van der Waals surface area contributed by atoms with Crippen LogP contribution >= 0.6 is 0 Å². The summed E-state index contributed by atoms with van der Waals surface area (Å²) >= 11 is 0. The molecule has 0 saturated heterocycles. The largest absolute Gasteiger partial charge is 0.0996 e. The third-order valence-electron chi connectivity index (χ3n) is 3.34. The maximum absolute atomic E-state index is 4.21. The fraction of sp³-hybridized carbons (Fsp3) is 0.857. The van der Waals surface area contributed by atoms with E-state index >= 15 is 0 Å². The van der Waals surface area contributed by atoms with Gasteiger partial charge in [-0.3, -0.25) is 0 Å². The van der Waals surface area contributed by atoms with Crippen molar-refractivity contribution in [3.05, 3.63) is 12.2 Å². The van der Waals surface area contributed by atoms with E-state index in [1.165, 1.54) is 44.1 Å². The SMILES string of the molecule is C=C(CCC(C)CC)C(C)CCCC. The van der Waals surface area contributed by atoms with Gasteiger partial charge in [-0.05, 0) is 31.1 Å². The van der Waals surface area contributed by atoms with Crippen molar-refractivity contribution in [2.75, 3.05) is 0 Å². The van der Waals surface area contributed by atoms with Crippen molar-refractivity contribution < 1.29 is 0 Å². The molecule has 0 aliphatic heterocycles. The van der Waals surface area contributed by atoms with E-state index in [1.54, 1.807) is 0 Å². The van der Waals surface area contributed by atoms with Gasteiger partial charge < -0.3 is 0 Å². The minimum Gasteiger partial charge on any atom is -0.0996 e. The van der Waals surface area contributed by atoms with Crippen LogP contribution in [0.3, 0.4) is 0 Å². The summed E-state index contributed by atoms with van der Waals surface area (Å²) in [6.45, 7) is 13.4. The van der Waals surface area contributed by atoms with Gasteiger partial charge in [-0.15, -0.1) is 0 Å². The molecule has 0 N–H and O–H groups in total. The summed E-state index contributed by atoms with van der Waals surface area (Å²) in [4.78, 5) is 0. The second-order valence-electron chi connectivity index (χ2n) is 4.75. The minimum atomic E-state index is 0.735.